The van der Waals surface area contributed by atoms with E-state index < -0.39 is 23.8 Å². The van der Waals surface area contributed by atoms with E-state index >= 15 is 0 Å². The minimum atomic E-state index is -0.887. The fourth-order valence-electron chi connectivity index (χ4n) is 7.30. The number of methoxy groups -OCH3 is 2. The predicted molar refractivity (Wildman–Crippen MR) is 208 cm³/mol. The van der Waals surface area contributed by atoms with Gasteiger partial charge in [-0.25, -0.2) is 0 Å². The van der Waals surface area contributed by atoms with Gasteiger partial charge >= 0.3 is 11.9 Å². The van der Waals surface area contributed by atoms with Crippen LogP contribution < -0.4 is 29.6 Å². The van der Waals surface area contributed by atoms with Gasteiger partial charge in [0.2, 0.25) is 23.5 Å². The number of carboxylic acid groups (broad SMARTS) is 1. The number of carboxylic acids is 1. The Morgan fingerprint density at radius 2 is 1.27 bits per heavy atom. The zero-order valence-corrected chi connectivity index (χ0v) is 32.6. The number of hydrogen-bond donors (Lipinski definition) is 3. The van der Waals surface area contributed by atoms with E-state index in [0.29, 0.717) is 48.0 Å². The summed E-state index contributed by atoms with van der Waals surface area (Å²) >= 11 is 13.4. The van der Waals surface area contributed by atoms with E-state index in [2.05, 4.69) is 39.3 Å². The second-order valence-corrected chi connectivity index (χ2v) is 14.2. The molecule has 2 saturated heterocycles. The molecule has 290 valence electrons. The zero-order chi connectivity index (χ0) is 39.2. The van der Waals surface area contributed by atoms with Gasteiger partial charge in [0.05, 0.1) is 38.1 Å². The maximum Gasteiger partial charge on any atom is 0.311 e. The molecular formula is C41H44Cl2N4O8. The number of esters is 1. The number of pyridine rings is 2. The third-order valence-corrected chi connectivity index (χ3v) is 10.8. The number of nitrogens with one attached hydrogen (secondary N) is 2. The van der Waals surface area contributed by atoms with Crippen molar-refractivity contribution in [3.8, 4) is 34.6 Å². The van der Waals surface area contributed by atoms with E-state index in [1.165, 1.54) is 20.3 Å². The number of halogens is 2. The van der Waals surface area contributed by atoms with Crippen LogP contribution in [-0.2, 0) is 27.5 Å². The second-order valence-electron chi connectivity index (χ2n) is 13.4. The van der Waals surface area contributed by atoms with Gasteiger partial charge in [0.15, 0.2) is 0 Å². The minimum absolute atomic E-state index is 0.141. The van der Waals surface area contributed by atoms with E-state index in [-0.39, 0.29) is 54.5 Å². The average molecular weight is 792 g/mol. The lowest BCUT2D eigenvalue weighted by Gasteiger charge is -2.21. The average Bonchev–Trinajstić information content (AvgIpc) is 3.88. The largest absolute Gasteiger partial charge is 0.481 e. The van der Waals surface area contributed by atoms with Crippen LogP contribution in [0.25, 0.3) is 11.1 Å². The molecule has 4 atom stereocenters. The van der Waals surface area contributed by atoms with E-state index in [1.54, 1.807) is 12.1 Å². The molecule has 14 heteroatoms. The van der Waals surface area contributed by atoms with Crippen LogP contribution in [0.3, 0.4) is 0 Å². The summed E-state index contributed by atoms with van der Waals surface area (Å²) in [5.41, 5.74) is 7.17. The third-order valence-electron chi connectivity index (χ3n) is 10.2. The summed E-state index contributed by atoms with van der Waals surface area (Å²) in [6, 6.07) is 14.6. The number of nitrogens with zero attached hydrogens (tertiary/aromatic N) is 2. The van der Waals surface area contributed by atoms with Crippen LogP contribution in [0.5, 0.6) is 23.5 Å². The maximum atomic E-state index is 12.7. The first-order valence-corrected chi connectivity index (χ1v) is 18.7. The molecular weight excluding hydrogens is 747 g/mol. The molecule has 4 heterocycles. The number of hydrogen-bond acceptors (Lipinski definition) is 11. The summed E-state index contributed by atoms with van der Waals surface area (Å²) in [4.78, 5) is 33.7. The summed E-state index contributed by atoms with van der Waals surface area (Å²) in [6.07, 6.45) is 2.64. The lowest BCUT2D eigenvalue weighted by atomic mass is 9.92. The van der Waals surface area contributed by atoms with Crippen molar-refractivity contribution in [2.45, 2.75) is 52.0 Å². The quantitative estimate of drug-likeness (QED) is 0.0816. The smallest absolute Gasteiger partial charge is 0.311 e. The Labute approximate surface area is 330 Å². The Kier molecular flexibility index (Phi) is 12.8. The van der Waals surface area contributed by atoms with Crippen molar-refractivity contribution in [3.63, 3.8) is 0 Å². The Morgan fingerprint density at radius 3 is 1.73 bits per heavy atom. The van der Waals surface area contributed by atoms with Crippen molar-refractivity contribution >= 4 is 35.1 Å². The first kappa shape index (κ1) is 39.8. The SMILES string of the molecule is C=CCOC(=O)[C@H]1CCN[C@H]1c1cc(Cl)c(OCc2cccc(-c3cccc(COc4nc(OC)c([C@@H]5NCC[C@@H]5C(=O)O)cc4Cl)c3C)c2C)nc1OC. The fourth-order valence-corrected chi connectivity index (χ4v) is 7.73. The summed E-state index contributed by atoms with van der Waals surface area (Å²) < 4.78 is 28.8. The summed E-state index contributed by atoms with van der Waals surface area (Å²) in [5.74, 6) is -1.27. The molecule has 4 aromatic rings. The number of rotatable bonds is 15. The monoisotopic (exact) mass is 790 g/mol. The van der Waals surface area contributed by atoms with Crippen LogP contribution >= 0.6 is 23.2 Å². The molecule has 6 rings (SSSR count). The predicted octanol–water partition coefficient (Wildman–Crippen LogP) is 7.36. The fraction of sp³-hybridized carbons (Fsp3) is 0.366. The Bertz CT molecular complexity index is 2080. The number of carbonyl (C=O) groups is 2. The van der Waals surface area contributed by atoms with Gasteiger partial charge in [-0.1, -0.05) is 72.3 Å². The highest BCUT2D eigenvalue weighted by molar-refractivity contribution is 6.32. The van der Waals surface area contributed by atoms with E-state index in [0.717, 1.165) is 33.4 Å². The standard InChI is InChI=1S/C41H44Cl2N4O8/c1-6-17-53-41(50)29-14-16-45-35(29)31-19-33(43)39(47-37(31)52-5)55-21-25-10-8-12-27(23(25)3)26-11-7-9-24(22(26)2)20-54-38-32(42)18-30(36(46-38)51-4)34-28(40(48)49)13-15-44-34/h6-12,18-19,28-29,34-35,44-45H,1,13-17,20-21H2,2-5H3,(H,48,49)/t28-,29-,34+,35+/m0/s1. The maximum absolute atomic E-state index is 12.7. The molecule has 2 aromatic carbocycles. The van der Waals surface area contributed by atoms with Gasteiger partial charge in [0, 0.05) is 11.1 Å². The molecule has 0 bridgehead atoms. The van der Waals surface area contributed by atoms with Crippen molar-refractivity contribution in [2.24, 2.45) is 11.8 Å². The zero-order valence-electron chi connectivity index (χ0n) is 31.1. The van der Waals surface area contributed by atoms with Crippen molar-refractivity contribution < 1.29 is 38.4 Å². The van der Waals surface area contributed by atoms with Crippen LogP contribution in [0.2, 0.25) is 10.0 Å². The van der Waals surface area contributed by atoms with Crippen LogP contribution in [0.15, 0.2) is 61.2 Å². The molecule has 55 heavy (non-hydrogen) atoms. The van der Waals surface area contributed by atoms with E-state index in [1.807, 2.05) is 38.1 Å². The number of carbonyl (C=O) groups excluding carboxylic acids is 1. The van der Waals surface area contributed by atoms with Crippen molar-refractivity contribution in [3.05, 3.63) is 105 Å². The lowest BCUT2D eigenvalue weighted by Crippen LogP contribution is -2.26. The molecule has 2 aliphatic rings. The summed E-state index contributed by atoms with van der Waals surface area (Å²) in [6.45, 7) is 9.41. The van der Waals surface area contributed by atoms with Gasteiger partial charge < -0.3 is 39.4 Å². The van der Waals surface area contributed by atoms with Gasteiger partial charge in [-0.15, -0.1) is 0 Å². The first-order chi connectivity index (χ1) is 26.6. The Morgan fingerprint density at radius 1 is 0.800 bits per heavy atom. The highest BCUT2D eigenvalue weighted by Gasteiger charge is 2.38. The van der Waals surface area contributed by atoms with Crippen molar-refractivity contribution in [1.82, 2.24) is 20.6 Å². The van der Waals surface area contributed by atoms with Crippen LogP contribution in [0.1, 0.15) is 58.3 Å². The number of benzene rings is 2. The van der Waals surface area contributed by atoms with Gasteiger partial charge in [0.25, 0.3) is 0 Å². The second kappa shape index (κ2) is 17.7. The van der Waals surface area contributed by atoms with Crippen LogP contribution in [-0.4, -0.2) is 60.9 Å². The Balaban J connectivity index is 1.17. The summed E-state index contributed by atoms with van der Waals surface area (Å²) in [7, 11) is 3.00. The minimum Gasteiger partial charge on any atom is -0.481 e. The topological polar surface area (TPSA) is 150 Å². The van der Waals surface area contributed by atoms with E-state index in [9.17, 15) is 14.7 Å². The highest BCUT2D eigenvalue weighted by Crippen LogP contribution is 2.41. The van der Waals surface area contributed by atoms with Gasteiger partial charge in [-0.3, -0.25) is 9.59 Å². The molecule has 0 aliphatic carbocycles. The normalized spacial score (nSPS) is 19.2. The molecule has 2 aliphatic heterocycles. The summed E-state index contributed by atoms with van der Waals surface area (Å²) in [5, 5.41) is 16.8. The van der Waals surface area contributed by atoms with Gasteiger partial charge in [0.1, 0.15) is 29.9 Å². The van der Waals surface area contributed by atoms with Gasteiger partial charge in [-0.2, -0.15) is 9.97 Å². The Hall–Kier alpha value is -4.88. The third kappa shape index (κ3) is 8.52. The lowest BCUT2D eigenvalue weighted by molar-refractivity contribution is -0.147. The number of aliphatic carboxylic acids is 1. The van der Waals surface area contributed by atoms with E-state index in [4.69, 9.17) is 46.9 Å². The van der Waals surface area contributed by atoms with Crippen LogP contribution in [0.4, 0.5) is 0 Å². The molecule has 2 fully saturated rings. The molecule has 3 N–H and O–H groups in total. The highest BCUT2D eigenvalue weighted by atomic mass is 35.5. The van der Waals surface area contributed by atoms with Crippen molar-refractivity contribution in [1.29, 1.82) is 0 Å². The molecule has 0 spiro atoms. The first-order valence-electron chi connectivity index (χ1n) is 17.9. The molecule has 0 amide bonds. The molecule has 12 nitrogen and oxygen atoms in total. The number of aromatic nitrogens is 2. The van der Waals surface area contributed by atoms with Crippen molar-refractivity contribution in [2.75, 3.05) is 33.9 Å². The molecule has 0 radical (unpaired) electrons. The molecule has 0 saturated carbocycles. The molecule has 0 unspecified atom stereocenters. The molecule has 2 aromatic heterocycles. The number of ether oxygens (including phenoxy) is 5. The van der Waals surface area contributed by atoms with Gasteiger partial charge in [-0.05, 0) is 85.3 Å². The van der Waals surface area contributed by atoms with Crippen LogP contribution in [0, 0.1) is 25.7 Å².